The monoisotopic (exact) mass is 316 g/mol. The number of hydrogen-bond donors (Lipinski definition) is 2. The summed E-state index contributed by atoms with van der Waals surface area (Å²) in [6.45, 7) is 6.37. The van der Waals surface area contributed by atoms with Gasteiger partial charge in [-0.15, -0.1) is 0 Å². The van der Waals surface area contributed by atoms with Gasteiger partial charge in [-0.25, -0.2) is 0 Å². The molecule has 0 bridgehead atoms. The Bertz CT molecular complexity index is 606. The van der Waals surface area contributed by atoms with E-state index in [0.29, 0.717) is 0 Å². The van der Waals surface area contributed by atoms with Crippen LogP contribution in [0.3, 0.4) is 0 Å². The number of para-hydroxylation sites is 1. The van der Waals surface area contributed by atoms with Crippen molar-refractivity contribution >= 4 is 16.9 Å². The maximum atomic E-state index is 5.32. The Hall–Kier alpha value is -2.01. The van der Waals surface area contributed by atoms with E-state index in [0.717, 1.165) is 51.6 Å². The second-order valence-electron chi connectivity index (χ2n) is 5.40. The Morgan fingerprint density at radius 2 is 1.91 bits per heavy atom. The summed E-state index contributed by atoms with van der Waals surface area (Å²) < 4.78 is 7.62. The predicted octanol–water partition coefficient (Wildman–Crippen LogP) is 2.62. The summed E-state index contributed by atoms with van der Waals surface area (Å²) in [6, 6.07) is 10.7. The molecule has 23 heavy (non-hydrogen) atoms. The highest BCUT2D eigenvalue weighted by Crippen LogP contribution is 2.15. The third-order valence-corrected chi connectivity index (χ3v) is 3.73. The molecule has 0 aliphatic carbocycles. The first-order chi connectivity index (χ1) is 11.3. The normalized spacial score (nSPS) is 11.8. The lowest BCUT2D eigenvalue weighted by Gasteiger charge is -2.12. The molecule has 5 nitrogen and oxygen atoms in total. The van der Waals surface area contributed by atoms with Gasteiger partial charge >= 0.3 is 0 Å². The Labute approximate surface area is 138 Å². The SMILES string of the molecule is CCOCCCNC(=NC)NCCCn1ccc2ccccc21. The van der Waals surface area contributed by atoms with Gasteiger partial charge in [-0.1, -0.05) is 18.2 Å². The lowest BCUT2D eigenvalue weighted by Crippen LogP contribution is -2.38. The van der Waals surface area contributed by atoms with Gasteiger partial charge < -0.3 is 19.9 Å². The van der Waals surface area contributed by atoms with Crippen LogP contribution in [0.4, 0.5) is 0 Å². The number of ether oxygens (including phenoxy) is 1. The minimum absolute atomic E-state index is 0.779. The summed E-state index contributed by atoms with van der Waals surface area (Å²) in [5.41, 5.74) is 1.30. The fraction of sp³-hybridized carbons (Fsp3) is 0.500. The van der Waals surface area contributed by atoms with Crippen molar-refractivity contribution < 1.29 is 4.74 Å². The average molecular weight is 316 g/mol. The Morgan fingerprint density at radius 1 is 1.13 bits per heavy atom. The molecule has 0 fully saturated rings. The Morgan fingerprint density at radius 3 is 2.70 bits per heavy atom. The molecule has 126 valence electrons. The molecular weight excluding hydrogens is 288 g/mol. The molecule has 1 heterocycles. The van der Waals surface area contributed by atoms with E-state index in [-0.39, 0.29) is 0 Å². The topological polar surface area (TPSA) is 50.6 Å². The maximum absolute atomic E-state index is 5.32. The maximum Gasteiger partial charge on any atom is 0.190 e. The Balaban J connectivity index is 1.65. The summed E-state index contributed by atoms with van der Waals surface area (Å²) in [7, 11) is 1.80. The lowest BCUT2D eigenvalue weighted by molar-refractivity contribution is 0.145. The van der Waals surface area contributed by atoms with Gasteiger partial charge in [0.05, 0.1) is 0 Å². The van der Waals surface area contributed by atoms with Crippen LogP contribution in [0.15, 0.2) is 41.5 Å². The van der Waals surface area contributed by atoms with Gasteiger partial charge in [0.25, 0.3) is 0 Å². The number of nitrogens with one attached hydrogen (secondary N) is 2. The summed E-state index contributed by atoms with van der Waals surface area (Å²) in [5, 5.41) is 7.96. The van der Waals surface area contributed by atoms with Crippen molar-refractivity contribution in [2.45, 2.75) is 26.3 Å². The molecule has 0 aliphatic heterocycles. The van der Waals surface area contributed by atoms with Crippen molar-refractivity contribution in [3.8, 4) is 0 Å². The van der Waals surface area contributed by atoms with Crippen molar-refractivity contribution in [2.24, 2.45) is 4.99 Å². The van der Waals surface area contributed by atoms with Crippen LogP contribution < -0.4 is 10.6 Å². The minimum atomic E-state index is 0.779. The second kappa shape index (κ2) is 9.90. The first-order valence-electron chi connectivity index (χ1n) is 8.41. The molecule has 2 N–H and O–H groups in total. The van der Waals surface area contributed by atoms with Gasteiger partial charge in [-0.2, -0.15) is 0 Å². The van der Waals surface area contributed by atoms with Crippen LogP contribution in [0.5, 0.6) is 0 Å². The first kappa shape index (κ1) is 17.3. The van der Waals surface area contributed by atoms with E-state index in [9.17, 15) is 0 Å². The highest BCUT2D eigenvalue weighted by atomic mass is 16.5. The number of rotatable bonds is 9. The molecule has 2 aromatic rings. The Kier molecular flexibility index (Phi) is 7.46. The molecule has 0 spiro atoms. The van der Waals surface area contributed by atoms with E-state index in [1.807, 2.05) is 6.92 Å². The molecule has 2 rings (SSSR count). The number of fused-ring (bicyclic) bond motifs is 1. The first-order valence-corrected chi connectivity index (χ1v) is 8.41. The number of aryl methyl sites for hydroxylation is 1. The van der Waals surface area contributed by atoms with Crippen LogP contribution in [-0.2, 0) is 11.3 Å². The molecule has 1 aromatic heterocycles. The zero-order chi connectivity index (χ0) is 16.3. The van der Waals surface area contributed by atoms with Crippen molar-refractivity contribution in [1.82, 2.24) is 15.2 Å². The number of aliphatic imine (C=N–C) groups is 1. The highest BCUT2D eigenvalue weighted by Gasteiger charge is 2.00. The van der Waals surface area contributed by atoms with Crippen LogP contribution in [0.1, 0.15) is 19.8 Å². The number of benzene rings is 1. The van der Waals surface area contributed by atoms with Gasteiger partial charge in [-0.05, 0) is 37.3 Å². The molecule has 5 heteroatoms. The summed E-state index contributed by atoms with van der Waals surface area (Å²) in [4.78, 5) is 4.24. The quantitative estimate of drug-likeness (QED) is 0.425. The van der Waals surface area contributed by atoms with Gasteiger partial charge in [0.2, 0.25) is 0 Å². The molecule has 0 saturated carbocycles. The molecule has 1 aromatic carbocycles. The van der Waals surface area contributed by atoms with Crippen LogP contribution in [-0.4, -0.2) is 43.9 Å². The van der Waals surface area contributed by atoms with E-state index >= 15 is 0 Å². The molecule has 0 atom stereocenters. The van der Waals surface area contributed by atoms with Crippen molar-refractivity contribution in [3.05, 3.63) is 36.5 Å². The van der Waals surface area contributed by atoms with E-state index < -0.39 is 0 Å². The largest absolute Gasteiger partial charge is 0.382 e. The molecular formula is C18H28N4O. The minimum Gasteiger partial charge on any atom is -0.382 e. The standard InChI is InChI=1S/C18H28N4O/c1-3-23-15-7-12-21-18(19-2)20-11-6-13-22-14-10-16-8-4-5-9-17(16)22/h4-5,8-10,14H,3,6-7,11-13,15H2,1-2H3,(H2,19,20,21). The summed E-state index contributed by atoms with van der Waals surface area (Å²) >= 11 is 0. The molecule has 0 aliphatic rings. The molecule has 0 radical (unpaired) electrons. The third kappa shape index (κ3) is 5.60. The van der Waals surface area contributed by atoms with Gasteiger partial charge in [0.15, 0.2) is 5.96 Å². The number of aromatic nitrogens is 1. The van der Waals surface area contributed by atoms with Crippen LogP contribution >= 0.6 is 0 Å². The van der Waals surface area contributed by atoms with Crippen molar-refractivity contribution in [2.75, 3.05) is 33.4 Å². The molecule has 0 amide bonds. The fourth-order valence-corrected chi connectivity index (χ4v) is 2.54. The zero-order valence-electron chi connectivity index (χ0n) is 14.2. The molecule has 0 unspecified atom stereocenters. The molecule has 0 saturated heterocycles. The van der Waals surface area contributed by atoms with E-state index in [2.05, 4.69) is 56.7 Å². The summed E-state index contributed by atoms with van der Waals surface area (Å²) in [5.74, 6) is 0.860. The zero-order valence-corrected chi connectivity index (χ0v) is 14.2. The van der Waals surface area contributed by atoms with E-state index in [1.54, 1.807) is 7.05 Å². The average Bonchev–Trinajstić information content (AvgIpc) is 3.00. The predicted molar refractivity (Wildman–Crippen MR) is 97.0 cm³/mol. The van der Waals surface area contributed by atoms with Crippen LogP contribution in [0.25, 0.3) is 10.9 Å². The second-order valence-corrected chi connectivity index (χ2v) is 5.40. The third-order valence-electron chi connectivity index (χ3n) is 3.73. The van der Waals surface area contributed by atoms with Crippen LogP contribution in [0.2, 0.25) is 0 Å². The van der Waals surface area contributed by atoms with Gasteiger partial charge in [0, 0.05) is 51.6 Å². The van der Waals surface area contributed by atoms with Gasteiger partial charge in [-0.3, -0.25) is 4.99 Å². The highest BCUT2D eigenvalue weighted by molar-refractivity contribution is 5.80. The fourth-order valence-electron chi connectivity index (χ4n) is 2.54. The summed E-state index contributed by atoms with van der Waals surface area (Å²) in [6.07, 6.45) is 4.20. The van der Waals surface area contributed by atoms with Crippen molar-refractivity contribution in [3.63, 3.8) is 0 Å². The van der Waals surface area contributed by atoms with Crippen LogP contribution in [0, 0.1) is 0 Å². The smallest absolute Gasteiger partial charge is 0.190 e. The lowest BCUT2D eigenvalue weighted by atomic mass is 10.2. The number of guanidine groups is 1. The van der Waals surface area contributed by atoms with E-state index in [1.165, 1.54) is 10.9 Å². The van der Waals surface area contributed by atoms with E-state index in [4.69, 9.17) is 4.74 Å². The van der Waals surface area contributed by atoms with Crippen molar-refractivity contribution in [1.29, 1.82) is 0 Å². The van der Waals surface area contributed by atoms with Gasteiger partial charge in [0.1, 0.15) is 0 Å². The number of hydrogen-bond acceptors (Lipinski definition) is 2. The number of nitrogens with zero attached hydrogens (tertiary/aromatic N) is 2.